The van der Waals surface area contributed by atoms with E-state index in [1.54, 1.807) is 7.11 Å². The first-order valence-corrected chi connectivity index (χ1v) is 5.53. The summed E-state index contributed by atoms with van der Waals surface area (Å²) in [6.45, 7) is 7.78. The fourth-order valence-corrected chi connectivity index (χ4v) is 1.01. The first-order valence-electron chi connectivity index (χ1n) is 5.53. The van der Waals surface area contributed by atoms with Gasteiger partial charge < -0.3 is 14.6 Å². The molecule has 0 aliphatic heterocycles. The zero-order valence-electron chi connectivity index (χ0n) is 11.2. The Morgan fingerprint density at radius 2 is 1.82 bits per heavy atom. The molecule has 0 aromatic rings. The number of rotatable bonds is 6. The van der Waals surface area contributed by atoms with E-state index >= 15 is 0 Å². The summed E-state index contributed by atoms with van der Waals surface area (Å²) in [7, 11) is 1.56. The molecule has 0 saturated carbocycles. The van der Waals surface area contributed by atoms with Crippen molar-refractivity contribution in [2.45, 2.75) is 51.8 Å². The molecule has 0 fully saturated rings. The summed E-state index contributed by atoms with van der Waals surface area (Å²) in [5.41, 5.74) is -0.980. The lowest BCUT2D eigenvalue weighted by molar-refractivity contribution is -0.00848. The van der Waals surface area contributed by atoms with E-state index in [0.717, 1.165) is 0 Å². The van der Waals surface area contributed by atoms with Crippen LogP contribution in [0.4, 0.5) is 4.79 Å². The average Bonchev–Trinajstić information content (AvgIpc) is 2.20. The van der Waals surface area contributed by atoms with Gasteiger partial charge in [0.05, 0.1) is 12.1 Å². The molecule has 1 N–H and O–H groups in total. The second kappa shape index (κ2) is 6.54. The fraction of sp³-hybridized carbons (Fsp3) is 0.909. The van der Waals surface area contributed by atoms with E-state index in [0.29, 0.717) is 12.8 Å². The molecule has 0 heterocycles. The molecule has 0 radical (unpaired) electrons. The molecule has 6 heteroatoms. The van der Waals surface area contributed by atoms with Gasteiger partial charge in [0.2, 0.25) is 0 Å². The van der Waals surface area contributed by atoms with Crippen LogP contribution in [0, 0.1) is 0 Å². The first-order chi connectivity index (χ1) is 7.68. The Bertz CT molecular complexity index is 273. The SMILES string of the molecule is COC(C)(CCCOC(=O)O)N=NC(C)(C)C. The summed E-state index contributed by atoms with van der Waals surface area (Å²) < 4.78 is 9.69. The number of ether oxygens (including phenoxy) is 2. The van der Waals surface area contributed by atoms with E-state index in [1.165, 1.54) is 0 Å². The van der Waals surface area contributed by atoms with Crippen molar-refractivity contribution in [2.24, 2.45) is 10.2 Å². The largest absolute Gasteiger partial charge is 0.505 e. The monoisotopic (exact) mass is 246 g/mol. The van der Waals surface area contributed by atoms with Crippen molar-refractivity contribution in [1.82, 2.24) is 0 Å². The summed E-state index contributed by atoms with van der Waals surface area (Å²) in [5.74, 6) is 0. The van der Waals surface area contributed by atoms with Crippen LogP contribution in [0.1, 0.15) is 40.5 Å². The minimum atomic E-state index is -1.26. The smallest absolute Gasteiger partial charge is 0.450 e. The third kappa shape index (κ3) is 8.62. The lowest BCUT2D eigenvalue weighted by atomic mass is 10.1. The van der Waals surface area contributed by atoms with E-state index in [9.17, 15) is 4.79 Å². The Morgan fingerprint density at radius 1 is 1.24 bits per heavy atom. The highest BCUT2D eigenvalue weighted by Crippen LogP contribution is 2.21. The Morgan fingerprint density at radius 3 is 2.24 bits per heavy atom. The molecule has 0 bridgehead atoms. The van der Waals surface area contributed by atoms with Crippen LogP contribution in [0.2, 0.25) is 0 Å². The molecule has 0 aliphatic carbocycles. The molecule has 0 aromatic carbocycles. The zero-order valence-corrected chi connectivity index (χ0v) is 11.2. The lowest BCUT2D eigenvalue weighted by Gasteiger charge is -2.23. The maximum atomic E-state index is 10.2. The van der Waals surface area contributed by atoms with Crippen LogP contribution in [0.15, 0.2) is 10.2 Å². The third-order valence-electron chi connectivity index (χ3n) is 2.01. The molecule has 0 amide bonds. The molecule has 1 unspecified atom stereocenters. The predicted octanol–water partition coefficient (Wildman–Crippen LogP) is 3.07. The van der Waals surface area contributed by atoms with Gasteiger partial charge in [-0.25, -0.2) is 4.79 Å². The van der Waals surface area contributed by atoms with E-state index < -0.39 is 11.9 Å². The zero-order chi connectivity index (χ0) is 13.5. The van der Waals surface area contributed by atoms with Gasteiger partial charge in [-0.1, -0.05) is 0 Å². The molecular weight excluding hydrogens is 224 g/mol. The fourth-order valence-electron chi connectivity index (χ4n) is 1.01. The van der Waals surface area contributed by atoms with Gasteiger partial charge in [-0.05, 0) is 34.1 Å². The van der Waals surface area contributed by atoms with Gasteiger partial charge in [-0.2, -0.15) is 10.2 Å². The van der Waals surface area contributed by atoms with Crippen molar-refractivity contribution < 1.29 is 19.4 Å². The van der Waals surface area contributed by atoms with Crippen molar-refractivity contribution >= 4 is 6.16 Å². The van der Waals surface area contributed by atoms with E-state index in [1.807, 2.05) is 27.7 Å². The maximum Gasteiger partial charge on any atom is 0.505 e. The molecule has 0 saturated heterocycles. The second-order valence-electron chi connectivity index (χ2n) is 4.97. The van der Waals surface area contributed by atoms with E-state index in [2.05, 4.69) is 15.0 Å². The highest BCUT2D eigenvalue weighted by Gasteiger charge is 2.23. The van der Waals surface area contributed by atoms with Crippen molar-refractivity contribution in [3.63, 3.8) is 0 Å². The molecule has 0 aliphatic rings. The molecular formula is C11H22N2O4. The topological polar surface area (TPSA) is 80.5 Å². The van der Waals surface area contributed by atoms with Crippen LogP contribution in [0.25, 0.3) is 0 Å². The lowest BCUT2D eigenvalue weighted by Crippen LogP contribution is -2.26. The van der Waals surface area contributed by atoms with Gasteiger partial charge in [0.15, 0.2) is 5.72 Å². The summed E-state index contributed by atoms with van der Waals surface area (Å²) in [4.78, 5) is 10.2. The summed E-state index contributed by atoms with van der Waals surface area (Å²) >= 11 is 0. The van der Waals surface area contributed by atoms with Gasteiger partial charge in [0.25, 0.3) is 0 Å². The van der Waals surface area contributed by atoms with Crippen LogP contribution < -0.4 is 0 Å². The van der Waals surface area contributed by atoms with Crippen molar-refractivity contribution in [3.05, 3.63) is 0 Å². The van der Waals surface area contributed by atoms with Gasteiger partial charge >= 0.3 is 6.16 Å². The van der Waals surface area contributed by atoms with Crippen LogP contribution in [-0.2, 0) is 9.47 Å². The highest BCUT2D eigenvalue weighted by molar-refractivity contribution is 5.56. The number of hydrogen-bond acceptors (Lipinski definition) is 5. The minimum absolute atomic E-state index is 0.138. The van der Waals surface area contributed by atoms with Crippen LogP contribution in [0.3, 0.4) is 0 Å². The molecule has 6 nitrogen and oxygen atoms in total. The Kier molecular flexibility index (Phi) is 6.09. The number of methoxy groups -OCH3 is 1. The Balaban J connectivity index is 4.19. The predicted molar refractivity (Wildman–Crippen MR) is 63.2 cm³/mol. The number of azo groups is 1. The van der Waals surface area contributed by atoms with Crippen LogP contribution >= 0.6 is 0 Å². The summed E-state index contributed by atoms with van der Waals surface area (Å²) in [6, 6.07) is 0. The third-order valence-corrected chi connectivity index (χ3v) is 2.01. The Hall–Kier alpha value is -1.17. The van der Waals surface area contributed by atoms with Gasteiger partial charge in [0, 0.05) is 13.5 Å². The molecule has 100 valence electrons. The highest BCUT2D eigenvalue weighted by atomic mass is 16.7. The number of nitrogens with zero attached hydrogens (tertiary/aromatic N) is 2. The standard InChI is InChI=1S/C11H22N2O4/c1-10(2,3)12-13-11(4,16-5)7-6-8-17-9(14)15/h6-8H2,1-5H3,(H,14,15). The van der Waals surface area contributed by atoms with Crippen molar-refractivity contribution in [2.75, 3.05) is 13.7 Å². The molecule has 0 rings (SSSR count). The van der Waals surface area contributed by atoms with Crippen molar-refractivity contribution in [3.8, 4) is 0 Å². The van der Waals surface area contributed by atoms with Crippen LogP contribution in [0.5, 0.6) is 0 Å². The normalized spacial score (nSPS) is 15.8. The molecule has 0 aromatic heterocycles. The second-order valence-corrected chi connectivity index (χ2v) is 4.97. The summed E-state index contributed by atoms with van der Waals surface area (Å²) in [6.07, 6.45) is -0.170. The quantitative estimate of drug-likeness (QED) is 0.443. The number of carboxylic acid groups (broad SMARTS) is 1. The number of carbonyl (C=O) groups is 1. The maximum absolute atomic E-state index is 10.2. The summed E-state index contributed by atoms with van der Waals surface area (Å²) in [5, 5.41) is 16.6. The van der Waals surface area contributed by atoms with E-state index in [-0.39, 0.29) is 12.1 Å². The van der Waals surface area contributed by atoms with E-state index in [4.69, 9.17) is 9.84 Å². The first kappa shape index (κ1) is 15.8. The molecule has 17 heavy (non-hydrogen) atoms. The minimum Gasteiger partial charge on any atom is -0.450 e. The van der Waals surface area contributed by atoms with Crippen molar-refractivity contribution in [1.29, 1.82) is 0 Å². The number of hydrogen-bond donors (Lipinski definition) is 1. The Labute approximate surface area is 102 Å². The van der Waals surface area contributed by atoms with Gasteiger partial charge in [-0.3, -0.25) is 0 Å². The molecule has 1 atom stereocenters. The van der Waals surface area contributed by atoms with Crippen LogP contribution in [-0.4, -0.2) is 36.2 Å². The van der Waals surface area contributed by atoms with Gasteiger partial charge in [-0.15, -0.1) is 0 Å². The molecule has 0 spiro atoms. The average molecular weight is 246 g/mol. The van der Waals surface area contributed by atoms with Gasteiger partial charge in [0.1, 0.15) is 0 Å².